The Morgan fingerprint density at radius 2 is 2.36 bits per heavy atom. The van der Waals surface area contributed by atoms with Gasteiger partial charge in [0.25, 0.3) is 0 Å². The van der Waals surface area contributed by atoms with Crippen molar-refractivity contribution >= 4 is 33.0 Å². The van der Waals surface area contributed by atoms with Gasteiger partial charge >= 0.3 is 0 Å². The zero-order valence-corrected chi connectivity index (χ0v) is 8.09. The molecule has 0 amide bonds. The van der Waals surface area contributed by atoms with Gasteiger partial charge in [-0.3, -0.25) is 4.79 Å². The monoisotopic (exact) mass is 231 g/mol. The maximum Gasteiger partial charge on any atom is 0.186 e. The Kier molecular flexibility index (Phi) is 1.83. The molecule has 1 aromatic heterocycles. The molecule has 0 atom stereocenters. The minimum atomic E-state index is 0.210. The number of fused-ring (bicyclic) bond motifs is 1. The topological polar surface area (TPSA) is 29.1 Å². The first-order valence-corrected chi connectivity index (χ1v) is 4.90. The first kappa shape index (κ1) is 7.46. The molecule has 4 heteroatoms. The summed E-state index contributed by atoms with van der Waals surface area (Å²) in [5.74, 6) is 0.210. The number of hydrogen-bond donors (Lipinski definition) is 1. The van der Waals surface area contributed by atoms with Crippen LogP contribution in [0.2, 0.25) is 0 Å². The third-order valence-electron chi connectivity index (χ3n) is 1.63. The highest BCUT2D eigenvalue weighted by Gasteiger charge is 2.18. The number of thiophene rings is 1. The molecule has 1 N–H and O–H groups in total. The lowest BCUT2D eigenvalue weighted by Crippen LogP contribution is -2.28. The summed E-state index contributed by atoms with van der Waals surface area (Å²) in [5, 5.41) is 3.04. The van der Waals surface area contributed by atoms with Gasteiger partial charge in [0.2, 0.25) is 0 Å². The van der Waals surface area contributed by atoms with Crippen molar-refractivity contribution in [3.63, 3.8) is 0 Å². The molecule has 2 rings (SSSR count). The van der Waals surface area contributed by atoms with Crippen LogP contribution in [0.1, 0.15) is 15.2 Å². The SMILES string of the molecule is O=C1CNCc2cc(Br)sc21. The standard InChI is InChI=1S/C7H6BrNOS/c8-6-1-4-2-9-3-5(10)7(4)11-6/h1,9H,2-3H2. The third kappa shape index (κ3) is 1.26. The molecular weight excluding hydrogens is 226 g/mol. The molecule has 1 aromatic rings. The normalized spacial score (nSPS) is 16.6. The second-order valence-electron chi connectivity index (χ2n) is 2.43. The summed E-state index contributed by atoms with van der Waals surface area (Å²) in [7, 11) is 0. The van der Waals surface area contributed by atoms with Crippen LogP contribution in [0.25, 0.3) is 0 Å². The average Bonchev–Trinajstić information content (AvgIpc) is 2.31. The summed E-state index contributed by atoms with van der Waals surface area (Å²) in [6.45, 7) is 1.31. The first-order valence-electron chi connectivity index (χ1n) is 3.29. The van der Waals surface area contributed by atoms with Gasteiger partial charge in [-0.25, -0.2) is 0 Å². The lowest BCUT2D eigenvalue weighted by atomic mass is 10.1. The molecule has 58 valence electrons. The van der Waals surface area contributed by atoms with Crippen molar-refractivity contribution in [3.05, 3.63) is 20.3 Å². The van der Waals surface area contributed by atoms with Gasteiger partial charge in [0.05, 0.1) is 15.2 Å². The van der Waals surface area contributed by atoms with Gasteiger partial charge in [0, 0.05) is 6.54 Å². The van der Waals surface area contributed by atoms with Gasteiger partial charge < -0.3 is 5.32 Å². The van der Waals surface area contributed by atoms with Crippen molar-refractivity contribution in [2.45, 2.75) is 6.54 Å². The lowest BCUT2D eigenvalue weighted by Gasteiger charge is -2.09. The smallest absolute Gasteiger partial charge is 0.186 e. The van der Waals surface area contributed by atoms with Crippen LogP contribution < -0.4 is 5.32 Å². The Labute approximate surface area is 76.7 Å². The predicted octanol–water partition coefficient (Wildman–Crippen LogP) is 1.80. The quantitative estimate of drug-likeness (QED) is 0.738. The molecule has 0 fully saturated rings. The number of carbonyl (C=O) groups is 1. The van der Waals surface area contributed by atoms with E-state index in [1.807, 2.05) is 6.07 Å². The summed E-state index contributed by atoms with van der Waals surface area (Å²) in [5.41, 5.74) is 1.12. The Morgan fingerprint density at radius 1 is 1.55 bits per heavy atom. The Balaban J connectivity index is 2.52. The van der Waals surface area contributed by atoms with Crippen molar-refractivity contribution in [1.29, 1.82) is 0 Å². The van der Waals surface area contributed by atoms with Gasteiger partial charge in [0.15, 0.2) is 5.78 Å². The largest absolute Gasteiger partial charge is 0.306 e. The molecule has 0 bridgehead atoms. The van der Waals surface area contributed by atoms with Gasteiger partial charge in [0.1, 0.15) is 0 Å². The molecule has 2 heterocycles. The van der Waals surface area contributed by atoms with E-state index in [1.54, 1.807) is 0 Å². The molecule has 0 saturated heterocycles. The van der Waals surface area contributed by atoms with Crippen molar-refractivity contribution in [3.8, 4) is 0 Å². The van der Waals surface area contributed by atoms with Crippen molar-refractivity contribution in [2.75, 3.05) is 6.54 Å². The fourth-order valence-corrected chi connectivity index (χ4v) is 2.76. The highest BCUT2D eigenvalue weighted by Crippen LogP contribution is 2.28. The molecule has 1 aliphatic heterocycles. The van der Waals surface area contributed by atoms with Gasteiger partial charge in [-0.2, -0.15) is 0 Å². The van der Waals surface area contributed by atoms with Crippen LogP contribution in [-0.4, -0.2) is 12.3 Å². The summed E-state index contributed by atoms with van der Waals surface area (Å²) in [6.07, 6.45) is 0. The van der Waals surface area contributed by atoms with Crippen molar-refractivity contribution < 1.29 is 4.79 Å². The number of Topliss-reactive ketones (excluding diaryl/α,β-unsaturated/α-hetero) is 1. The van der Waals surface area contributed by atoms with Crippen LogP contribution in [0.15, 0.2) is 9.85 Å². The molecule has 0 spiro atoms. The van der Waals surface area contributed by atoms with E-state index in [9.17, 15) is 4.79 Å². The predicted molar refractivity (Wildman–Crippen MR) is 48.1 cm³/mol. The van der Waals surface area contributed by atoms with E-state index in [2.05, 4.69) is 21.2 Å². The third-order valence-corrected chi connectivity index (χ3v) is 3.35. The van der Waals surface area contributed by atoms with Crippen LogP contribution >= 0.6 is 27.3 Å². The highest BCUT2D eigenvalue weighted by molar-refractivity contribution is 9.11. The number of hydrogen-bond acceptors (Lipinski definition) is 3. The molecular formula is C7H6BrNOS. The molecule has 11 heavy (non-hydrogen) atoms. The summed E-state index contributed by atoms with van der Waals surface area (Å²) in [6, 6.07) is 2.00. The fraction of sp³-hybridized carbons (Fsp3) is 0.286. The van der Waals surface area contributed by atoms with Crippen LogP contribution in [0.5, 0.6) is 0 Å². The Morgan fingerprint density at radius 3 is 3.09 bits per heavy atom. The average molecular weight is 232 g/mol. The number of ketones is 1. The van der Waals surface area contributed by atoms with E-state index in [-0.39, 0.29) is 5.78 Å². The Hall–Kier alpha value is -0.190. The lowest BCUT2D eigenvalue weighted by molar-refractivity contribution is 0.0986. The second-order valence-corrected chi connectivity index (χ2v) is 4.86. The Bertz CT molecular complexity index is 307. The summed E-state index contributed by atoms with van der Waals surface area (Å²) < 4.78 is 1.04. The summed E-state index contributed by atoms with van der Waals surface area (Å²) >= 11 is 4.88. The highest BCUT2D eigenvalue weighted by atomic mass is 79.9. The van der Waals surface area contributed by atoms with Crippen LogP contribution in [-0.2, 0) is 6.54 Å². The first-order chi connectivity index (χ1) is 5.27. The van der Waals surface area contributed by atoms with E-state index in [1.165, 1.54) is 11.3 Å². The number of carbonyl (C=O) groups excluding carboxylic acids is 1. The number of halogens is 1. The van der Waals surface area contributed by atoms with Crippen LogP contribution in [0.4, 0.5) is 0 Å². The zero-order chi connectivity index (χ0) is 7.84. The maximum atomic E-state index is 11.2. The van der Waals surface area contributed by atoms with E-state index in [0.29, 0.717) is 6.54 Å². The maximum absolute atomic E-state index is 11.2. The molecule has 1 aliphatic rings. The zero-order valence-electron chi connectivity index (χ0n) is 5.69. The van der Waals surface area contributed by atoms with E-state index >= 15 is 0 Å². The molecule has 0 aliphatic carbocycles. The molecule has 0 unspecified atom stereocenters. The molecule has 0 radical (unpaired) electrons. The molecule has 0 aromatic carbocycles. The van der Waals surface area contributed by atoms with E-state index in [4.69, 9.17) is 0 Å². The van der Waals surface area contributed by atoms with Crippen molar-refractivity contribution in [1.82, 2.24) is 5.32 Å². The van der Waals surface area contributed by atoms with E-state index < -0.39 is 0 Å². The van der Waals surface area contributed by atoms with Gasteiger partial charge in [-0.15, -0.1) is 11.3 Å². The minimum absolute atomic E-state index is 0.210. The van der Waals surface area contributed by atoms with Gasteiger partial charge in [-0.05, 0) is 27.6 Å². The molecule has 0 saturated carbocycles. The van der Waals surface area contributed by atoms with Crippen molar-refractivity contribution in [2.24, 2.45) is 0 Å². The number of rotatable bonds is 0. The van der Waals surface area contributed by atoms with Gasteiger partial charge in [-0.1, -0.05) is 0 Å². The summed E-state index contributed by atoms with van der Waals surface area (Å²) in [4.78, 5) is 12.1. The van der Waals surface area contributed by atoms with Crippen LogP contribution in [0, 0.1) is 0 Å². The molecule has 2 nitrogen and oxygen atoms in total. The second kappa shape index (κ2) is 2.69. The fourth-order valence-electron chi connectivity index (χ4n) is 1.15. The van der Waals surface area contributed by atoms with Crippen LogP contribution in [0.3, 0.4) is 0 Å². The van der Waals surface area contributed by atoms with E-state index in [0.717, 1.165) is 20.8 Å². The minimum Gasteiger partial charge on any atom is -0.306 e. The number of nitrogens with one attached hydrogen (secondary N) is 1.